The van der Waals surface area contributed by atoms with Crippen molar-refractivity contribution in [2.45, 2.75) is 25.6 Å². The molecule has 0 aliphatic carbocycles. The molecule has 0 bridgehead atoms. The van der Waals surface area contributed by atoms with Crippen molar-refractivity contribution in [3.05, 3.63) is 99.3 Å². The summed E-state index contributed by atoms with van der Waals surface area (Å²) in [5.74, 6) is 0.0301. The van der Waals surface area contributed by atoms with E-state index in [1.54, 1.807) is 6.07 Å². The van der Waals surface area contributed by atoms with Crippen LogP contribution >= 0.6 is 15.9 Å². The van der Waals surface area contributed by atoms with Crippen molar-refractivity contribution < 1.29 is 4.79 Å². The molecule has 0 spiro atoms. The number of hydrogen-bond donors (Lipinski definition) is 0. The number of nitrogens with zero attached hydrogens (tertiary/aromatic N) is 4. The molecule has 31 heavy (non-hydrogen) atoms. The van der Waals surface area contributed by atoms with Crippen molar-refractivity contribution in [3.63, 3.8) is 0 Å². The largest absolute Gasteiger partial charge is 0.348 e. The highest BCUT2D eigenvalue weighted by Gasteiger charge is 2.31. The lowest BCUT2D eigenvalue weighted by atomic mass is 9.99. The highest BCUT2D eigenvalue weighted by molar-refractivity contribution is 9.10. The first kappa shape index (κ1) is 19.8. The van der Waals surface area contributed by atoms with E-state index in [-0.39, 0.29) is 23.9 Å². The standard InChI is InChI=1S/C24H21BrN4O2/c25-18-8-9-20-19(15-18)24(31)28(16-26-20)12-10-22(30)29-14-13-27-11-4-7-21(27)23(29)17-5-2-1-3-6-17/h1-9,11,15-16,23H,10,12-14H2. The molecule has 4 aromatic rings. The molecule has 0 N–H and O–H groups in total. The second kappa shape index (κ2) is 8.15. The molecule has 7 heteroatoms. The van der Waals surface area contributed by atoms with Gasteiger partial charge >= 0.3 is 0 Å². The molecule has 0 radical (unpaired) electrons. The summed E-state index contributed by atoms with van der Waals surface area (Å²) < 4.78 is 4.56. The van der Waals surface area contributed by atoms with Crippen LogP contribution in [-0.4, -0.2) is 31.5 Å². The van der Waals surface area contributed by atoms with Crippen molar-refractivity contribution in [1.29, 1.82) is 0 Å². The fourth-order valence-electron chi connectivity index (χ4n) is 4.29. The second-order valence-corrected chi connectivity index (χ2v) is 8.60. The fourth-order valence-corrected chi connectivity index (χ4v) is 4.65. The van der Waals surface area contributed by atoms with Crippen molar-refractivity contribution in [2.24, 2.45) is 0 Å². The van der Waals surface area contributed by atoms with Crippen molar-refractivity contribution in [1.82, 2.24) is 19.0 Å². The number of aromatic nitrogens is 3. The van der Waals surface area contributed by atoms with Crippen LogP contribution in [0.25, 0.3) is 10.9 Å². The minimum absolute atomic E-state index is 0.0301. The topological polar surface area (TPSA) is 60.1 Å². The van der Waals surface area contributed by atoms with Gasteiger partial charge in [0.15, 0.2) is 0 Å². The molecule has 3 heterocycles. The van der Waals surface area contributed by atoms with Crippen LogP contribution in [0.2, 0.25) is 0 Å². The zero-order valence-electron chi connectivity index (χ0n) is 16.8. The number of hydrogen-bond acceptors (Lipinski definition) is 3. The molecule has 0 saturated carbocycles. The normalized spacial score (nSPS) is 15.8. The van der Waals surface area contributed by atoms with Crippen molar-refractivity contribution in [2.75, 3.05) is 6.54 Å². The maximum Gasteiger partial charge on any atom is 0.261 e. The first-order valence-electron chi connectivity index (χ1n) is 10.3. The summed E-state index contributed by atoms with van der Waals surface area (Å²) in [5, 5.41) is 0.544. The average molecular weight is 477 g/mol. The van der Waals surface area contributed by atoms with E-state index in [2.05, 4.69) is 49.9 Å². The SMILES string of the molecule is O=C(CCn1cnc2ccc(Br)cc2c1=O)N1CCn2cccc2C1c1ccccc1. The number of halogens is 1. The minimum atomic E-state index is -0.133. The summed E-state index contributed by atoms with van der Waals surface area (Å²) in [6.07, 6.45) is 3.83. The fraction of sp³-hybridized carbons (Fsp3) is 0.208. The summed E-state index contributed by atoms with van der Waals surface area (Å²) in [7, 11) is 0. The molecule has 156 valence electrons. The zero-order valence-corrected chi connectivity index (χ0v) is 18.4. The lowest BCUT2D eigenvalue weighted by molar-refractivity contribution is -0.134. The number of amides is 1. The summed E-state index contributed by atoms with van der Waals surface area (Å²) in [5.41, 5.74) is 2.72. The first-order chi connectivity index (χ1) is 15.1. The molecule has 1 aliphatic rings. The summed E-state index contributed by atoms with van der Waals surface area (Å²) in [4.78, 5) is 32.5. The van der Waals surface area contributed by atoms with E-state index in [4.69, 9.17) is 0 Å². The Balaban J connectivity index is 1.41. The van der Waals surface area contributed by atoms with Gasteiger partial charge < -0.3 is 9.47 Å². The molecule has 2 aromatic carbocycles. The van der Waals surface area contributed by atoms with Gasteiger partial charge in [0.25, 0.3) is 5.56 Å². The third-order valence-electron chi connectivity index (χ3n) is 5.83. The van der Waals surface area contributed by atoms with Crippen LogP contribution in [0.3, 0.4) is 0 Å². The van der Waals surface area contributed by atoms with E-state index in [9.17, 15) is 9.59 Å². The van der Waals surface area contributed by atoms with Gasteiger partial charge in [0, 0.05) is 42.4 Å². The molecule has 1 amide bonds. The lowest BCUT2D eigenvalue weighted by Gasteiger charge is -2.37. The van der Waals surface area contributed by atoms with Crippen LogP contribution < -0.4 is 5.56 Å². The van der Waals surface area contributed by atoms with Gasteiger partial charge in [0.1, 0.15) is 0 Å². The molecule has 0 saturated heterocycles. The maximum absolute atomic E-state index is 13.3. The van der Waals surface area contributed by atoms with Crippen LogP contribution in [0.1, 0.15) is 23.7 Å². The van der Waals surface area contributed by atoms with Gasteiger partial charge in [0.05, 0.1) is 23.3 Å². The number of benzene rings is 2. The molecule has 1 aliphatic heterocycles. The Morgan fingerprint density at radius 3 is 2.74 bits per heavy atom. The van der Waals surface area contributed by atoms with E-state index in [1.165, 1.54) is 10.9 Å². The smallest absolute Gasteiger partial charge is 0.261 e. The Hall–Kier alpha value is -3.19. The Kier molecular flexibility index (Phi) is 5.19. The summed E-state index contributed by atoms with van der Waals surface area (Å²) in [6, 6.07) is 19.5. The average Bonchev–Trinajstić information content (AvgIpc) is 3.27. The zero-order chi connectivity index (χ0) is 21.4. The van der Waals surface area contributed by atoms with Gasteiger partial charge in [-0.3, -0.25) is 14.2 Å². The van der Waals surface area contributed by atoms with Crippen LogP contribution in [0, 0.1) is 0 Å². The van der Waals surface area contributed by atoms with Gasteiger partial charge in [0.2, 0.25) is 5.91 Å². The van der Waals surface area contributed by atoms with Crippen LogP contribution in [0.5, 0.6) is 0 Å². The highest BCUT2D eigenvalue weighted by atomic mass is 79.9. The van der Waals surface area contributed by atoms with Crippen LogP contribution in [0.15, 0.2) is 82.5 Å². The number of rotatable bonds is 4. The predicted molar refractivity (Wildman–Crippen MR) is 123 cm³/mol. The number of carbonyl (C=O) groups is 1. The lowest BCUT2D eigenvalue weighted by Crippen LogP contribution is -2.42. The summed E-state index contributed by atoms with van der Waals surface area (Å²) in [6.45, 7) is 1.70. The number of fused-ring (bicyclic) bond motifs is 2. The van der Waals surface area contributed by atoms with E-state index in [0.29, 0.717) is 24.0 Å². The van der Waals surface area contributed by atoms with E-state index in [1.807, 2.05) is 41.3 Å². The third-order valence-corrected chi connectivity index (χ3v) is 6.32. The van der Waals surface area contributed by atoms with Gasteiger partial charge in [-0.05, 0) is 35.9 Å². The molecule has 6 nitrogen and oxygen atoms in total. The third kappa shape index (κ3) is 3.70. The van der Waals surface area contributed by atoms with Gasteiger partial charge in [-0.25, -0.2) is 4.98 Å². The van der Waals surface area contributed by atoms with Gasteiger partial charge in [-0.2, -0.15) is 0 Å². The van der Waals surface area contributed by atoms with Crippen molar-refractivity contribution in [3.8, 4) is 0 Å². The van der Waals surface area contributed by atoms with Crippen LogP contribution in [0.4, 0.5) is 0 Å². The maximum atomic E-state index is 13.3. The van der Waals surface area contributed by atoms with E-state index < -0.39 is 0 Å². The molecular weight excluding hydrogens is 456 g/mol. The van der Waals surface area contributed by atoms with E-state index >= 15 is 0 Å². The molecule has 0 fully saturated rings. The molecule has 2 aromatic heterocycles. The molecule has 1 unspecified atom stereocenters. The van der Waals surface area contributed by atoms with Crippen molar-refractivity contribution >= 4 is 32.7 Å². The quantitative estimate of drug-likeness (QED) is 0.447. The minimum Gasteiger partial charge on any atom is -0.348 e. The molecular formula is C24H21BrN4O2. The summed E-state index contributed by atoms with van der Waals surface area (Å²) >= 11 is 3.41. The van der Waals surface area contributed by atoms with Gasteiger partial charge in [-0.15, -0.1) is 0 Å². The predicted octanol–water partition coefficient (Wildman–Crippen LogP) is 3.98. The molecule has 5 rings (SSSR count). The number of aryl methyl sites for hydroxylation is 1. The Morgan fingerprint density at radius 1 is 1.06 bits per heavy atom. The Morgan fingerprint density at radius 2 is 1.90 bits per heavy atom. The molecule has 1 atom stereocenters. The Bertz CT molecular complexity index is 1310. The van der Waals surface area contributed by atoms with E-state index in [0.717, 1.165) is 22.3 Å². The second-order valence-electron chi connectivity index (χ2n) is 7.68. The van der Waals surface area contributed by atoms with Gasteiger partial charge in [-0.1, -0.05) is 46.3 Å². The highest BCUT2D eigenvalue weighted by Crippen LogP contribution is 2.32. The van der Waals surface area contributed by atoms with Crippen LogP contribution in [-0.2, 0) is 17.9 Å². The first-order valence-corrected chi connectivity index (χ1v) is 11.1. The Labute approximate surface area is 187 Å². The monoisotopic (exact) mass is 476 g/mol. The number of carbonyl (C=O) groups excluding carboxylic acids is 1.